The molecular weight excluding hydrogens is 206 g/mol. The van der Waals surface area contributed by atoms with Crippen LogP contribution in [0.4, 0.5) is 0 Å². The van der Waals surface area contributed by atoms with Crippen LogP contribution in [0.5, 0.6) is 0 Å². The fourth-order valence-corrected chi connectivity index (χ4v) is 2.26. The molecule has 15 heavy (non-hydrogen) atoms. The molecule has 0 radical (unpaired) electrons. The van der Waals surface area contributed by atoms with Crippen LogP contribution >= 0.6 is 11.3 Å². The standard InChI is InChI=1S/C11H13N3S/c1-8-3-2-5-13-10(8)11(14-12)9-4-6-15-7-9/h2-7,11,14H,12H2,1H3. The van der Waals surface area contributed by atoms with Gasteiger partial charge in [0.05, 0.1) is 11.7 Å². The van der Waals surface area contributed by atoms with Gasteiger partial charge >= 0.3 is 0 Å². The second kappa shape index (κ2) is 4.53. The molecule has 0 saturated carbocycles. The zero-order valence-corrected chi connectivity index (χ0v) is 9.29. The first-order valence-corrected chi connectivity index (χ1v) is 5.67. The van der Waals surface area contributed by atoms with Crippen molar-refractivity contribution in [3.63, 3.8) is 0 Å². The number of nitrogens with two attached hydrogens (primary N) is 1. The Hall–Kier alpha value is -1.23. The molecule has 0 aliphatic rings. The first kappa shape index (κ1) is 10.3. The third-order valence-electron chi connectivity index (χ3n) is 2.37. The van der Waals surface area contributed by atoms with Gasteiger partial charge in [-0.15, -0.1) is 0 Å². The van der Waals surface area contributed by atoms with E-state index in [-0.39, 0.29) is 6.04 Å². The van der Waals surface area contributed by atoms with Gasteiger partial charge in [0, 0.05) is 6.20 Å². The molecule has 2 aromatic heterocycles. The third kappa shape index (κ3) is 2.07. The molecule has 0 spiro atoms. The Balaban J connectivity index is 2.40. The van der Waals surface area contributed by atoms with Crippen molar-refractivity contribution in [3.8, 4) is 0 Å². The van der Waals surface area contributed by atoms with E-state index >= 15 is 0 Å². The van der Waals surface area contributed by atoms with Crippen LogP contribution in [-0.2, 0) is 0 Å². The normalized spacial score (nSPS) is 12.7. The molecule has 0 aliphatic heterocycles. The topological polar surface area (TPSA) is 50.9 Å². The predicted octanol–water partition coefficient (Wildman–Crippen LogP) is 2.00. The lowest BCUT2D eigenvalue weighted by atomic mass is 10.0. The second-order valence-corrected chi connectivity index (χ2v) is 4.14. The highest BCUT2D eigenvalue weighted by Crippen LogP contribution is 2.23. The summed E-state index contributed by atoms with van der Waals surface area (Å²) < 4.78 is 0. The molecule has 78 valence electrons. The van der Waals surface area contributed by atoms with Crippen molar-refractivity contribution >= 4 is 11.3 Å². The van der Waals surface area contributed by atoms with Crippen LogP contribution in [0.25, 0.3) is 0 Å². The molecule has 0 amide bonds. The molecule has 1 unspecified atom stereocenters. The van der Waals surface area contributed by atoms with Crippen molar-refractivity contribution in [3.05, 3.63) is 52.0 Å². The fraction of sp³-hybridized carbons (Fsp3) is 0.182. The van der Waals surface area contributed by atoms with Crippen molar-refractivity contribution < 1.29 is 0 Å². The van der Waals surface area contributed by atoms with Gasteiger partial charge in [-0.25, -0.2) is 5.43 Å². The Kier molecular flexibility index (Phi) is 3.11. The maximum atomic E-state index is 5.58. The van der Waals surface area contributed by atoms with Gasteiger partial charge in [-0.3, -0.25) is 10.8 Å². The number of hydrogen-bond acceptors (Lipinski definition) is 4. The highest BCUT2D eigenvalue weighted by atomic mass is 32.1. The van der Waals surface area contributed by atoms with Gasteiger partial charge in [-0.2, -0.15) is 11.3 Å². The molecule has 1 atom stereocenters. The van der Waals surface area contributed by atoms with Crippen LogP contribution < -0.4 is 11.3 Å². The summed E-state index contributed by atoms with van der Waals surface area (Å²) in [7, 11) is 0. The zero-order valence-electron chi connectivity index (χ0n) is 8.47. The predicted molar refractivity (Wildman–Crippen MR) is 62.5 cm³/mol. The molecule has 0 saturated heterocycles. The minimum Gasteiger partial charge on any atom is -0.271 e. The lowest BCUT2D eigenvalue weighted by Gasteiger charge is -2.15. The number of nitrogens with zero attached hydrogens (tertiary/aromatic N) is 1. The average Bonchev–Trinajstić information content (AvgIpc) is 2.75. The van der Waals surface area contributed by atoms with Crippen LogP contribution in [-0.4, -0.2) is 4.98 Å². The first-order chi connectivity index (χ1) is 7.33. The molecule has 3 nitrogen and oxygen atoms in total. The molecule has 0 fully saturated rings. The van der Waals surface area contributed by atoms with Crippen molar-refractivity contribution in [1.29, 1.82) is 0 Å². The lowest BCUT2D eigenvalue weighted by Crippen LogP contribution is -2.29. The maximum absolute atomic E-state index is 5.58. The van der Waals surface area contributed by atoms with E-state index in [4.69, 9.17) is 5.84 Å². The van der Waals surface area contributed by atoms with Gasteiger partial charge in [-0.1, -0.05) is 6.07 Å². The molecule has 3 N–H and O–H groups in total. The van der Waals surface area contributed by atoms with E-state index in [1.54, 1.807) is 17.5 Å². The lowest BCUT2D eigenvalue weighted by molar-refractivity contribution is 0.619. The molecule has 0 aromatic carbocycles. The van der Waals surface area contributed by atoms with Gasteiger partial charge in [0.25, 0.3) is 0 Å². The molecule has 0 bridgehead atoms. The van der Waals surface area contributed by atoms with Gasteiger partial charge in [0.15, 0.2) is 0 Å². The van der Waals surface area contributed by atoms with Crippen molar-refractivity contribution in [2.75, 3.05) is 0 Å². The van der Waals surface area contributed by atoms with E-state index < -0.39 is 0 Å². The minimum absolute atomic E-state index is 0.0163. The van der Waals surface area contributed by atoms with Crippen molar-refractivity contribution in [2.24, 2.45) is 5.84 Å². The Labute approximate surface area is 92.9 Å². The smallest absolute Gasteiger partial charge is 0.0892 e. The summed E-state index contributed by atoms with van der Waals surface area (Å²) in [6.45, 7) is 2.04. The Morgan fingerprint density at radius 3 is 2.93 bits per heavy atom. The number of pyridine rings is 1. The molecule has 2 heterocycles. The van der Waals surface area contributed by atoms with Crippen molar-refractivity contribution in [1.82, 2.24) is 10.4 Å². The number of hydrazine groups is 1. The number of nitrogens with one attached hydrogen (secondary N) is 1. The van der Waals surface area contributed by atoms with E-state index in [0.29, 0.717) is 0 Å². The summed E-state index contributed by atoms with van der Waals surface area (Å²) in [5.41, 5.74) is 6.09. The largest absolute Gasteiger partial charge is 0.271 e. The summed E-state index contributed by atoms with van der Waals surface area (Å²) >= 11 is 1.66. The summed E-state index contributed by atoms with van der Waals surface area (Å²) in [6.07, 6.45) is 1.79. The highest BCUT2D eigenvalue weighted by molar-refractivity contribution is 7.08. The molecule has 0 aliphatic carbocycles. The fourth-order valence-electron chi connectivity index (χ4n) is 1.57. The average molecular weight is 219 g/mol. The quantitative estimate of drug-likeness (QED) is 0.613. The number of aryl methyl sites for hydroxylation is 1. The molecule has 4 heteroatoms. The van der Waals surface area contributed by atoms with Crippen LogP contribution in [0, 0.1) is 6.92 Å². The van der Waals surface area contributed by atoms with E-state index in [2.05, 4.69) is 21.9 Å². The van der Waals surface area contributed by atoms with Crippen LogP contribution in [0.1, 0.15) is 22.9 Å². The summed E-state index contributed by atoms with van der Waals surface area (Å²) in [5, 5.41) is 4.12. The first-order valence-electron chi connectivity index (χ1n) is 4.72. The number of thiophene rings is 1. The summed E-state index contributed by atoms with van der Waals surface area (Å²) in [4.78, 5) is 4.37. The Morgan fingerprint density at radius 1 is 1.47 bits per heavy atom. The SMILES string of the molecule is Cc1cccnc1C(NN)c1ccsc1. The molecule has 2 rings (SSSR count). The van der Waals surface area contributed by atoms with E-state index in [1.165, 1.54) is 0 Å². The monoisotopic (exact) mass is 219 g/mol. The minimum atomic E-state index is -0.0163. The van der Waals surface area contributed by atoms with E-state index in [9.17, 15) is 0 Å². The highest BCUT2D eigenvalue weighted by Gasteiger charge is 2.15. The Morgan fingerprint density at radius 2 is 2.33 bits per heavy atom. The van der Waals surface area contributed by atoms with E-state index in [1.807, 2.05) is 24.4 Å². The van der Waals surface area contributed by atoms with Crippen molar-refractivity contribution in [2.45, 2.75) is 13.0 Å². The van der Waals surface area contributed by atoms with Crippen LogP contribution in [0.2, 0.25) is 0 Å². The number of rotatable bonds is 3. The summed E-state index contributed by atoms with van der Waals surface area (Å²) in [5.74, 6) is 5.58. The van der Waals surface area contributed by atoms with Gasteiger partial charge in [-0.05, 0) is 40.9 Å². The van der Waals surface area contributed by atoms with Crippen LogP contribution in [0.15, 0.2) is 35.2 Å². The second-order valence-electron chi connectivity index (χ2n) is 3.36. The van der Waals surface area contributed by atoms with Crippen LogP contribution in [0.3, 0.4) is 0 Å². The van der Waals surface area contributed by atoms with Gasteiger partial charge in [0.1, 0.15) is 0 Å². The Bertz CT molecular complexity index is 425. The molecule has 2 aromatic rings. The summed E-state index contributed by atoms with van der Waals surface area (Å²) in [6, 6.07) is 6.01. The zero-order chi connectivity index (χ0) is 10.7. The molecular formula is C11H13N3S. The number of hydrogen-bond donors (Lipinski definition) is 2. The van der Waals surface area contributed by atoms with Gasteiger partial charge < -0.3 is 0 Å². The third-order valence-corrected chi connectivity index (χ3v) is 3.07. The van der Waals surface area contributed by atoms with Gasteiger partial charge in [0.2, 0.25) is 0 Å². The number of aromatic nitrogens is 1. The van der Waals surface area contributed by atoms with E-state index in [0.717, 1.165) is 16.8 Å². The maximum Gasteiger partial charge on any atom is 0.0892 e.